The number of benzene rings is 1. The van der Waals surface area contributed by atoms with Crippen LogP contribution in [0, 0.1) is 0 Å². The molecule has 0 bridgehead atoms. The zero-order chi connectivity index (χ0) is 11.8. The third-order valence-electron chi connectivity index (χ3n) is 2.28. The Morgan fingerprint density at radius 1 is 1.25 bits per heavy atom. The highest BCUT2D eigenvalue weighted by Crippen LogP contribution is 2.07. The molecule has 0 unspecified atom stereocenters. The van der Waals surface area contributed by atoms with E-state index in [9.17, 15) is 4.79 Å². The normalized spacial score (nSPS) is 10.6. The lowest BCUT2D eigenvalue weighted by molar-refractivity contribution is 0.0956. The molecule has 2 heteroatoms. The number of carbonyl (C=O) groups is 1. The molecule has 1 amide bonds. The van der Waals surface area contributed by atoms with Crippen molar-refractivity contribution < 1.29 is 4.79 Å². The minimum Gasteiger partial charge on any atom is -0.352 e. The number of nitrogens with one attached hydrogen (secondary N) is 1. The van der Waals surface area contributed by atoms with E-state index in [1.807, 2.05) is 31.2 Å². The van der Waals surface area contributed by atoms with Crippen LogP contribution in [0.25, 0.3) is 6.08 Å². The molecule has 1 N–H and O–H groups in total. The number of unbranched alkanes of at least 4 members (excludes halogenated alkanes) is 1. The van der Waals surface area contributed by atoms with Gasteiger partial charge in [-0.3, -0.25) is 4.79 Å². The van der Waals surface area contributed by atoms with Crippen LogP contribution < -0.4 is 5.32 Å². The first-order valence-corrected chi connectivity index (χ1v) is 5.82. The standard InChI is InChI=1S/C14H19NO/c1-3-5-6-7-12-8-10-13(11-9-12)14(16)15-4-2/h6-11H,3-5H2,1-2H3,(H,15,16)/b7-6+. The van der Waals surface area contributed by atoms with Gasteiger partial charge in [0.15, 0.2) is 0 Å². The summed E-state index contributed by atoms with van der Waals surface area (Å²) in [4.78, 5) is 11.5. The van der Waals surface area contributed by atoms with Crippen molar-refractivity contribution in [2.45, 2.75) is 26.7 Å². The molecule has 0 heterocycles. The molecule has 0 atom stereocenters. The van der Waals surface area contributed by atoms with E-state index >= 15 is 0 Å². The molecule has 1 aromatic rings. The van der Waals surface area contributed by atoms with Gasteiger partial charge in [0, 0.05) is 12.1 Å². The average Bonchev–Trinajstić information content (AvgIpc) is 2.30. The van der Waals surface area contributed by atoms with Gasteiger partial charge >= 0.3 is 0 Å². The summed E-state index contributed by atoms with van der Waals surface area (Å²) in [5.74, 6) is -0.00779. The first-order chi connectivity index (χ1) is 7.77. The van der Waals surface area contributed by atoms with Crippen molar-refractivity contribution in [3.63, 3.8) is 0 Å². The highest BCUT2D eigenvalue weighted by atomic mass is 16.1. The number of rotatable bonds is 5. The second-order valence-electron chi connectivity index (χ2n) is 3.67. The molecule has 1 rings (SSSR count). The highest BCUT2D eigenvalue weighted by Gasteiger charge is 2.01. The molecule has 1 aromatic carbocycles. The second-order valence-corrected chi connectivity index (χ2v) is 3.67. The van der Waals surface area contributed by atoms with Crippen LogP contribution in [0.5, 0.6) is 0 Å². The zero-order valence-corrected chi connectivity index (χ0v) is 9.99. The number of hydrogen-bond acceptors (Lipinski definition) is 1. The quantitative estimate of drug-likeness (QED) is 0.806. The van der Waals surface area contributed by atoms with Gasteiger partial charge in [0.05, 0.1) is 0 Å². The number of allylic oxidation sites excluding steroid dienone is 1. The Labute approximate surface area is 97.4 Å². The van der Waals surface area contributed by atoms with Gasteiger partial charge in [-0.05, 0) is 31.0 Å². The first kappa shape index (κ1) is 12.5. The van der Waals surface area contributed by atoms with Gasteiger partial charge < -0.3 is 5.32 Å². The number of carbonyl (C=O) groups excluding carboxylic acids is 1. The second kappa shape index (κ2) is 6.83. The lowest BCUT2D eigenvalue weighted by Gasteiger charge is -2.02. The lowest BCUT2D eigenvalue weighted by atomic mass is 10.1. The van der Waals surface area contributed by atoms with Gasteiger partial charge in [0.2, 0.25) is 0 Å². The fourth-order valence-electron chi connectivity index (χ4n) is 1.39. The van der Waals surface area contributed by atoms with Crippen molar-refractivity contribution >= 4 is 12.0 Å². The fraction of sp³-hybridized carbons (Fsp3) is 0.357. The predicted molar refractivity (Wildman–Crippen MR) is 68.4 cm³/mol. The third-order valence-corrected chi connectivity index (χ3v) is 2.28. The van der Waals surface area contributed by atoms with Gasteiger partial charge in [-0.15, -0.1) is 0 Å². The molecule has 0 aliphatic carbocycles. The first-order valence-electron chi connectivity index (χ1n) is 5.82. The van der Waals surface area contributed by atoms with E-state index in [4.69, 9.17) is 0 Å². The maximum Gasteiger partial charge on any atom is 0.251 e. The summed E-state index contributed by atoms with van der Waals surface area (Å²) in [6.45, 7) is 4.74. The summed E-state index contributed by atoms with van der Waals surface area (Å²) in [5.41, 5.74) is 1.86. The zero-order valence-electron chi connectivity index (χ0n) is 9.99. The molecular formula is C14H19NO. The Balaban J connectivity index is 2.64. The summed E-state index contributed by atoms with van der Waals surface area (Å²) in [6.07, 6.45) is 6.50. The molecule has 0 aliphatic rings. The van der Waals surface area contributed by atoms with E-state index < -0.39 is 0 Å². The van der Waals surface area contributed by atoms with E-state index in [1.165, 1.54) is 0 Å². The Kier molecular flexibility index (Phi) is 5.34. The fourth-order valence-corrected chi connectivity index (χ4v) is 1.39. The van der Waals surface area contributed by atoms with Crippen molar-refractivity contribution in [2.75, 3.05) is 6.54 Å². The van der Waals surface area contributed by atoms with Crippen LogP contribution in [0.4, 0.5) is 0 Å². The monoisotopic (exact) mass is 217 g/mol. The third kappa shape index (κ3) is 3.89. The van der Waals surface area contributed by atoms with Crippen LogP contribution in [0.15, 0.2) is 30.3 Å². The summed E-state index contributed by atoms with van der Waals surface area (Å²) in [5, 5.41) is 2.78. The Morgan fingerprint density at radius 3 is 2.50 bits per heavy atom. The largest absolute Gasteiger partial charge is 0.352 e. The number of hydrogen-bond donors (Lipinski definition) is 1. The van der Waals surface area contributed by atoms with Gasteiger partial charge in [-0.25, -0.2) is 0 Å². The predicted octanol–water partition coefficient (Wildman–Crippen LogP) is 3.25. The molecular weight excluding hydrogens is 198 g/mol. The molecule has 16 heavy (non-hydrogen) atoms. The van der Waals surface area contributed by atoms with Crippen LogP contribution in [-0.2, 0) is 0 Å². The van der Waals surface area contributed by atoms with E-state index in [-0.39, 0.29) is 5.91 Å². The SMILES string of the molecule is CCC/C=C/c1ccc(C(=O)NCC)cc1. The van der Waals surface area contributed by atoms with Crippen molar-refractivity contribution in [2.24, 2.45) is 0 Å². The maximum atomic E-state index is 11.5. The Morgan fingerprint density at radius 2 is 1.94 bits per heavy atom. The molecule has 0 spiro atoms. The van der Waals surface area contributed by atoms with E-state index in [0.29, 0.717) is 6.54 Å². The van der Waals surface area contributed by atoms with Crippen LogP contribution in [0.2, 0.25) is 0 Å². The van der Waals surface area contributed by atoms with Crippen molar-refractivity contribution in [3.8, 4) is 0 Å². The highest BCUT2D eigenvalue weighted by molar-refractivity contribution is 5.94. The molecule has 0 saturated carbocycles. The molecule has 86 valence electrons. The maximum absolute atomic E-state index is 11.5. The van der Waals surface area contributed by atoms with Gasteiger partial charge in [-0.2, -0.15) is 0 Å². The average molecular weight is 217 g/mol. The minimum atomic E-state index is -0.00779. The van der Waals surface area contributed by atoms with Crippen molar-refractivity contribution in [3.05, 3.63) is 41.5 Å². The van der Waals surface area contributed by atoms with Crippen LogP contribution in [0.1, 0.15) is 42.6 Å². The topological polar surface area (TPSA) is 29.1 Å². The summed E-state index contributed by atoms with van der Waals surface area (Å²) in [7, 11) is 0. The van der Waals surface area contributed by atoms with Gasteiger partial charge in [-0.1, -0.05) is 37.6 Å². The Bertz CT molecular complexity index is 352. The van der Waals surface area contributed by atoms with Crippen molar-refractivity contribution in [1.29, 1.82) is 0 Å². The summed E-state index contributed by atoms with van der Waals surface area (Å²) >= 11 is 0. The molecule has 0 aliphatic heterocycles. The summed E-state index contributed by atoms with van der Waals surface area (Å²) in [6, 6.07) is 7.65. The molecule has 0 aromatic heterocycles. The lowest BCUT2D eigenvalue weighted by Crippen LogP contribution is -2.22. The smallest absolute Gasteiger partial charge is 0.251 e. The molecule has 0 fully saturated rings. The van der Waals surface area contributed by atoms with Crippen LogP contribution in [-0.4, -0.2) is 12.5 Å². The van der Waals surface area contributed by atoms with Gasteiger partial charge in [0.1, 0.15) is 0 Å². The van der Waals surface area contributed by atoms with Crippen LogP contribution >= 0.6 is 0 Å². The van der Waals surface area contributed by atoms with Crippen LogP contribution in [0.3, 0.4) is 0 Å². The van der Waals surface area contributed by atoms with E-state index in [1.54, 1.807) is 0 Å². The minimum absolute atomic E-state index is 0.00779. The molecule has 0 radical (unpaired) electrons. The van der Waals surface area contributed by atoms with Crippen molar-refractivity contribution in [1.82, 2.24) is 5.32 Å². The molecule has 2 nitrogen and oxygen atoms in total. The summed E-state index contributed by atoms with van der Waals surface area (Å²) < 4.78 is 0. The molecule has 0 saturated heterocycles. The van der Waals surface area contributed by atoms with Gasteiger partial charge in [0.25, 0.3) is 5.91 Å². The number of amides is 1. The van der Waals surface area contributed by atoms with E-state index in [0.717, 1.165) is 24.0 Å². The Hall–Kier alpha value is -1.57. The van der Waals surface area contributed by atoms with E-state index in [2.05, 4.69) is 24.4 Å².